The summed E-state index contributed by atoms with van der Waals surface area (Å²) in [6, 6.07) is 11.4. The molecule has 0 saturated heterocycles. The SMILES string of the molecule is CCC[C@H]1[C@H](C)C/C=C/[C@H](O)[C@@H]2CC[C@H]2CN2C[C@@]3(CCCc4cc(Cl)ccc43)COc3ccc(cc32)C(=O)NS1(=O)=O. The van der Waals surface area contributed by atoms with Crippen LogP contribution in [0.3, 0.4) is 0 Å². The number of hydrogen-bond acceptors (Lipinski definition) is 6. The largest absolute Gasteiger partial charge is 0.490 e. The fraction of sp³-hybridized carbons (Fsp3) is 0.559. The predicted molar refractivity (Wildman–Crippen MR) is 170 cm³/mol. The van der Waals surface area contributed by atoms with E-state index in [-0.39, 0.29) is 23.2 Å². The molecule has 7 nitrogen and oxygen atoms in total. The average molecular weight is 627 g/mol. The minimum atomic E-state index is -3.93. The normalized spacial score (nSPS) is 32.8. The van der Waals surface area contributed by atoms with Crippen molar-refractivity contribution >= 4 is 33.2 Å². The molecule has 2 aliphatic carbocycles. The van der Waals surface area contributed by atoms with E-state index in [1.807, 2.05) is 32.1 Å². The van der Waals surface area contributed by atoms with Crippen molar-refractivity contribution in [2.45, 2.75) is 82.0 Å². The van der Waals surface area contributed by atoms with Crippen LogP contribution in [0.15, 0.2) is 48.6 Å². The smallest absolute Gasteiger partial charge is 0.264 e. The van der Waals surface area contributed by atoms with E-state index in [1.165, 1.54) is 11.1 Å². The molecule has 6 rings (SSSR count). The Morgan fingerprint density at radius 3 is 2.79 bits per heavy atom. The van der Waals surface area contributed by atoms with Gasteiger partial charge in [0.15, 0.2) is 0 Å². The monoisotopic (exact) mass is 626 g/mol. The van der Waals surface area contributed by atoms with Gasteiger partial charge in [0.05, 0.1) is 23.6 Å². The topological polar surface area (TPSA) is 95.9 Å². The van der Waals surface area contributed by atoms with E-state index in [9.17, 15) is 18.3 Å². The van der Waals surface area contributed by atoms with Gasteiger partial charge in [0.1, 0.15) is 5.75 Å². The summed E-state index contributed by atoms with van der Waals surface area (Å²) < 4.78 is 36.0. The Morgan fingerprint density at radius 2 is 2.02 bits per heavy atom. The van der Waals surface area contributed by atoms with Crippen molar-refractivity contribution in [2.24, 2.45) is 17.8 Å². The molecule has 0 unspecified atom stereocenters. The minimum absolute atomic E-state index is 0.127. The first kappa shape index (κ1) is 30.5. The number of aryl methyl sites for hydroxylation is 1. The van der Waals surface area contributed by atoms with E-state index in [1.54, 1.807) is 18.2 Å². The maximum absolute atomic E-state index is 13.5. The molecular weight excluding hydrogens is 584 g/mol. The van der Waals surface area contributed by atoms with E-state index in [2.05, 4.69) is 21.8 Å². The number of aliphatic hydroxyl groups excluding tert-OH is 1. The number of hydrogen-bond donors (Lipinski definition) is 2. The molecule has 2 aromatic carbocycles. The number of halogens is 1. The van der Waals surface area contributed by atoms with Crippen molar-refractivity contribution in [1.82, 2.24) is 4.72 Å². The van der Waals surface area contributed by atoms with Crippen molar-refractivity contribution in [2.75, 3.05) is 24.6 Å². The number of rotatable bonds is 2. The van der Waals surface area contributed by atoms with Crippen molar-refractivity contribution in [3.05, 3.63) is 70.3 Å². The summed E-state index contributed by atoms with van der Waals surface area (Å²) in [6.45, 7) is 5.77. The van der Waals surface area contributed by atoms with Crippen LogP contribution in [0.4, 0.5) is 5.69 Å². The number of allylic oxidation sites excluding steroid dienone is 1. The van der Waals surface area contributed by atoms with E-state index in [4.69, 9.17) is 16.3 Å². The van der Waals surface area contributed by atoms with Crippen LogP contribution in [-0.4, -0.2) is 50.5 Å². The van der Waals surface area contributed by atoms with Crippen molar-refractivity contribution in [3.8, 4) is 5.75 Å². The number of benzene rings is 2. The minimum Gasteiger partial charge on any atom is -0.490 e. The van der Waals surface area contributed by atoms with Gasteiger partial charge in [-0.3, -0.25) is 4.79 Å². The summed E-state index contributed by atoms with van der Waals surface area (Å²) in [5, 5.41) is 11.2. The highest BCUT2D eigenvalue weighted by Crippen LogP contribution is 2.46. The van der Waals surface area contributed by atoms with Gasteiger partial charge in [-0.15, -0.1) is 0 Å². The van der Waals surface area contributed by atoms with Gasteiger partial charge < -0.3 is 14.7 Å². The second kappa shape index (κ2) is 12.1. The molecule has 1 saturated carbocycles. The highest BCUT2D eigenvalue weighted by Gasteiger charge is 2.44. The Bertz CT molecular complexity index is 1510. The molecule has 232 valence electrons. The maximum atomic E-state index is 13.5. The van der Waals surface area contributed by atoms with Crippen molar-refractivity contribution in [3.63, 3.8) is 0 Å². The summed E-state index contributed by atoms with van der Waals surface area (Å²) in [5.74, 6) is 0.271. The Balaban J connectivity index is 1.42. The molecule has 2 N–H and O–H groups in total. The summed E-state index contributed by atoms with van der Waals surface area (Å²) in [4.78, 5) is 15.8. The fourth-order valence-electron chi connectivity index (χ4n) is 7.83. The van der Waals surface area contributed by atoms with Gasteiger partial charge in [0.2, 0.25) is 10.0 Å². The average Bonchev–Trinajstić information content (AvgIpc) is 3.10. The molecule has 2 bridgehead atoms. The molecule has 9 heteroatoms. The first-order valence-corrected chi connectivity index (χ1v) is 17.7. The first-order chi connectivity index (χ1) is 20.6. The highest BCUT2D eigenvalue weighted by molar-refractivity contribution is 7.90. The second-order valence-corrected chi connectivity index (χ2v) is 15.6. The third-order valence-electron chi connectivity index (χ3n) is 10.4. The molecule has 4 aliphatic rings. The van der Waals surface area contributed by atoms with Crippen molar-refractivity contribution < 1.29 is 23.1 Å². The Morgan fingerprint density at radius 1 is 1.19 bits per heavy atom. The Kier molecular flexibility index (Phi) is 8.57. The van der Waals surface area contributed by atoms with E-state index in [0.717, 1.165) is 49.4 Å². The number of carbonyl (C=O) groups excluding carboxylic acids is 1. The van der Waals surface area contributed by atoms with Gasteiger partial charge in [-0.2, -0.15) is 0 Å². The number of ether oxygens (including phenoxy) is 1. The van der Waals surface area contributed by atoms with Crippen LogP contribution in [0.2, 0.25) is 5.02 Å². The number of nitrogens with one attached hydrogen (secondary N) is 1. The molecule has 2 heterocycles. The molecule has 1 spiro atoms. The molecule has 1 fully saturated rings. The zero-order chi connectivity index (χ0) is 30.4. The fourth-order valence-corrected chi connectivity index (χ4v) is 9.82. The molecule has 2 aromatic rings. The lowest BCUT2D eigenvalue weighted by molar-refractivity contribution is 0.0455. The zero-order valence-corrected chi connectivity index (χ0v) is 26.7. The summed E-state index contributed by atoms with van der Waals surface area (Å²) in [7, 11) is -3.93. The maximum Gasteiger partial charge on any atom is 0.264 e. The van der Waals surface area contributed by atoms with Crippen LogP contribution in [-0.2, 0) is 21.9 Å². The molecule has 0 aromatic heterocycles. The van der Waals surface area contributed by atoms with E-state index in [0.29, 0.717) is 43.7 Å². The van der Waals surface area contributed by atoms with Crippen LogP contribution >= 0.6 is 11.6 Å². The van der Waals surface area contributed by atoms with Crippen LogP contribution < -0.4 is 14.4 Å². The van der Waals surface area contributed by atoms with Crippen LogP contribution in [0.1, 0.15) is 80.3 Å². The van der Waals surface area contributed by atoms with Gasteiger partial charge >= 0.3 is 0 Å². The molecular formula is C34H43ClN2O5S. The van der Waals surface area contributed by atoms with Crippen LogP contribution in [0.5, 0.6) is 5.75 Å². The first-order valence-electron chi connectivity index (χ1n) is 15.8. The Hall–Kier alpha value is -2.55. The number of sulfonamides is 1. The second-order valence-electron chi connectivity index (χ2n) is 13.2. The summed E-state index contributed by atoms with van der Waals surface area (Å²) >= 11 is 6.39. The number of aliphatic hydroxyl groups is 1. The highest BCUT2D eigenvalue weighted by atomic mass is 35.5. The van der Waals surface area contributed by atoms with Gasteiger partial charge in [-0.1, -0.05) is 50.1 Å². The predicted octanol–water partition coefficient (Wildman–Crippen LogP) is 6.02. The van der Waals surface area contributed by atoms with Crippen LogP contribution in [0.25, 0.3) is 0 Å². The zero-order valence-electron chi connectivity index (χ0n) is 25.1. The van der Waals surface area contributed by atoms with E-state index < -0.39 is 27.3 Å². The quantitative estimate of drug-likeness (QED) is 0.396. The number of anilines is 1. The molecule has 43 heavy (non-hydrogen) atoms. The standard InChI is InChI=1S/C34H43ClN2O5S/c1-3-6-32-22(2)7-4-9-30(38)27-13-10-25(27)19-37-20-34(16-5-8-23-17-26(35)12-14-28(23)34)21-42-31-15-11-24(18-29(31)37)33(39)36-43(32,40)41/h4,9,11-12,14-15,17-18,22,25,27,30,32,38H,3,5-8,10,13,16,19-21H2,1-2H3,(H,36,39)/b9-4+/t22-,25+,27-,30+,32+,34+/m1/s1. The summed E-state index contributed by atoms with van der Waals surface area (Å²) in [6.07, 6.45) is 9.79. The molecule has 6 atom stereocenters. The van der Waals surface area contributed by atoms with E-state index >= 15 is 0 Å². The molecule has 0 radical (unpaired) electrons. The van der Waals surface area contributed by atoms with Gasteiger partial charge in [0.25, 0.3) is 5.91 Å². The van der Waals surface area contributed by atoms with Crippen LogP contribution in [0, 0.1) is 17.8 Å². The number of carbonyl (C=O) groups is 1. The summed E-state index contributed by atoms with van der Waals surface area (Å²) in [5.41, 5.74) is 3.35. The number of fused-ring (bicyclic) bond motifs is 4. The van der Waals surface area contributed by atoms with Gasteiger partial charge in [0, 0.05) is 29.1 Å². The third-order valence-corrected chi connectivity index (χ3v) is 12.6. The van der Waals surface area contributed by atoms with Gasteiger partial charge in [-0.05, 0) is 104 Å². The molecule has 2 aliphatic heterocycles. The third kappa shape index (κ3) is 5.95. The van der Waals surface area contributed by atoms with Gasteiger partial charge in [-0.25, -0.2) is 13.1 Å². The Labute approximate surface area is 260 Å². The lowest BCUT2D eigenvalue weighted by Crippen LogP contribution is -2.49. The molecule has 1 amide bonds. The lowest BCUT2D eigenvalue weighted by Gasteiger charge is -2.45. The number of nitrogens with zero attached hydrogens (tertiary/aromatic N) is 1. The lowest BCUT2D eigenvalue weighted by atomic mass is 9.68. The number of amides is 1. The van der Waals surface area contributed by atoms with Crippen molar-refractivity contribution in [1.29, 1.82) is 0 Å².